The lowest BCUT2D eigenvalue weighted by molar-refractivity contribution is 0.419. The Morgan fingerprint density at radius 2 is 1.84 bits per heavy atom. The van der Waals surface area contributed by atoms with E-state index in [0.29, 0.717) is 6.54 Å². The zero-order valence-corrected chi connectivity index (χ0v) is 14.1. The Morgan fingerprint density at radius 1 is 1.26 bits per heavy atom. The molecule has 0 aliphatic rings. The minimum atomic E-state index is -3.24. The lowest BCUT2D eigenvalue weighted by atomic mass is 9.98. The maximum atomic E-state index is 12.1. The fourth-order valence-corrected chi connectivity index (χ4v) is 3.40. The van der Waals surface area contributed by atoms with E-state index in [2.05, 4.69) is 20.7 Å². The highest BCUT2D eigenvalue weighted by atomic mass is 79.9. The summed E-state index contributed by atoms with van der Waals surface area (Å²) >= 11 is 3.39. The van der Waals surface area contributed by atoms with Crippen molar-refractivity contribution < 1.29 is 8.42 Å². The molecule has 0 saturated heterocycles. The molecule has 0 saturated carbocycles. The maximum absolute atomic E-state index is 12.1. The molecule has 0 aromatic heterocycles. The summed E-state index contributed by atoms with van der Waals surface area (Å²) in [6.07, 6.45) is 0. The number of nitrogens with one attached hydrogen (secondary N) is 1. The largest absolute Gasteiger partial charge is 0.215 e. The SMILES string of the molecule is CC(CS(=O)(=O)NCC(C)(C)CBr)c1ccccc1. The average Bonchev–Trinajstić information content (AvgIpc) is 2.37. The van der Waals surface area contributed by atoms with Crippen LogP contribution < -0.4 is 4.72 Å². The van der Waals surface area contributed by atoms with Crippen LogP contribution in [0.15, 0.2) is 30.3 Å². The first kappa shape index (κ1) is 16.7. The van der Waals surface area contributed by atoms with Crippen LogP contribution in [0.1, 0.15) is 32.3 Å². The standard InChI is InChI=1S/C14H22BrNO2S/c1-12(13-7-5-4-6-8-13)9-19(17,18)16-11-14(2,3)10-15/h4-8,12,16H,9-11H2,1-3H3. The van der Waals surface area contributed by atoms with E-state index in [1.165, 1.54) is 0 Å². The highest BCUT2D eigenvalue weighted by Gasteiger charge is 2.22. The van der Waals surface area contributed by atoms with Crippen LogP contribution in [0.3, 0.4) is 0 Å². The molecule has 0 radical (unpaired) electrons. The van der Waals surface area contributed by atoms with Gasteiger partial charge in [-0.15, -0.1) is 0 Å². The Morgan fingerprint density at radius 3 is 2.37 bits per heavy atom. The molecule has 1 rings (SSSR count). The molecule has 19 heavy (non-hydrogen) atoms. The second kappa shape index (κ2) is 6.86. The van der Waals surface area contributed by atoms with Crippen LogP contribution in [-0.2, 0) is 10.0 Å². The van der Waals surface area contributed by atoms with Crippen molar-refractivity contribution in [2.45, 2.75) is 26.7 Å². The molecule has 108 valence electrons. The normalized spacial score (nSPS) is 14.3. The third-order valence-corrected chi connectivity index (χ3v) is 6.01. The summed E-state index contributed by atoms with van der Waals surface area (Å²) in [5.41, 5.74) is 0.968. The van der Waals surface area contributed by atoms with Crippen molar-refractivity contribution in [3.05, 3.63) is 35.9 Å². The van der Waals surface area contributed by atoms with E-state index < -0.39 is 10.0 Å². The molecule has 0 bridgehead atoms. The van der Waals surface area contributed by atoms with Gasteiger partial charge in [0, 0.05) is 11.9 Å². The van der Waals surface area contributed by atoms with Gasteiger partial charge >= 0.3 is 0 Å². The summed E-state index contributed by atoms with van der Waals surface area (Å²) in [7, 11) is -3.24. The van der Waals surface area contributed by atoms with Crippen molar-refractivity contribution >= 4 is 26.0 Å². The Hall–Kier alpha value is -0.390. The minimum absolute atomic E-state index is 0.00853. The van der Waals surface area contributed by atoms with Gasteiger partial charge in [-0.2, -0.15) is 0 Å². The molecule has 1 unspecified atom stereocenters. The van der Waals surface area contributed by atoms with E-state index in [1.54, 1.807) is 0 Å². The molecule has 0 aliphatic heterocycles. The fourth-order valence-electron chi connectivity index (χ4n) is 1.62. The van der Waals surface area contributed by atoms with Crippen LogP contribution in [0.5, 0.6) is 0 Å². The summed E-state index contributed by atoms with van der Waals surface area (Å²) in [5.74, 6) is 0.112. The Balaban J connectivity index is 2.60. The third-order valence-electron chi connectivity index (χ3n) is 2.97. The second-order valence-electron chi connectivity index (χ2n) is 5.71. The van der Waals surface area contributed by atoms with Gasteiger partial charge in [0.05, 0.1) is 5.75 Å². The van der Waals surface area contributed by atoms with Crippen molar-refractivity contribution in [2.24, 2.45) is 5.41 Å². The van der Waals surface area contributed by atoms with E-state index in [1.807, 2.05) is 51.1 Å². The van der Waals surface area contributed by atoms with Gasteiger partial charge < -0.3 is 0 Å². The van der Waals surface area contributed by atoms with Gasteiger partial charge in [0.15, 0.2) is 0 Å². The Kier molecular flexibility index (Phi) is 6.02. The maximum Gasteiger partial charge on any atom is 0.212 e. The number of benzene rings is 1. The van der Waals surface area contributed by atoms with Gasteiger partial charge in [-0.3, -0.25) is 0 Å². The summed E-state index contributed by atoms with van der Waals surface area (Å²) in [6.45, 7) is 6.42. The lowest BCUT2D eigenvalue weighted by Gasteiger charge is -2.22. The molecule has 1 atom stereocenters. The molecule has 0 fully saturated rings. The first-order chi connectivity index (χ1) is 8.76. The fraction of sp³-hybridized carbons (Fsp3) is 0.571. The van der Waals surface area contributed by atoms with Crippen LogP contribution >= 0.6 is 15.9 Å². The van der Waals surface area contributed by atoms with Gasteiger partial charge in [-0.05, 0) is 16.9 Å². The number of sulfonamides is 1. The van der Waals surface area contributed by atoms with Crippen molar-refractivity contribution in [2.75, 3.05) is 17.6 Å². The molecule has 0 aliphatic carbocycles. The third kappa shape index (κ3) is 6.06. The van der Waals surface area contributed by atoms with Crippen LogP contribution in [0.25, 0.3) is 0 Å². The summed E-state index contributed by atoms with van der Waals surface area (Å²) < 4.78 is 26.8. The highest BCUT2D eigenvalue weighted by Crippen LogP contribution is 2.19. The monoisotopic (exact) mass is 347 g/mol. The zero-order valence-electron chi connectivity index (χ0n) is 11.7. The number of halogens is 1. The van der Waals surface area contributed by atoms with Gasteiger partial charge in [-0.25, -0.2) is 13.1 Å². The zero-order chi connectivity index (χ0) is 14.5. The molecule has 0 heterocycles. The Bertz CT molecular complexity index is 485. The van der Waals surface area contributed by atoms with Crippen molar-refractivity contribution in [1.82, 2.24) is 4.72 Å². The number of alkyl halides is 1. The summed E-state index contributed by atoms with van der Waals surface area (Å²) in [6, 6.07) is 9.71. The van der Waals surface area contributed by atoms with E-state index in [4.69, 9.17) is 0 Å². The predicted molar refractivity (Wildman–Crippen MR) is 84.2 cm³/mol. The first-order valence-corrected chi connectivity index (χ1v) is 9.11. The molecule has 1 aromatic carbocycles. The minimum Gasteiger partial charge on any atom is -0.215 e. The molecule has 0 spiro atoms. The molecule has 1 aromatic rings. The lowest BCUT2D eigenvalue weighted by Crippen LogP contribution is -2.37. The quantitative estimate of drug-likeness (QED) is 0.770. The van der Waals surface area contributed by atoms with Crippen LogP contribution in [0.2, 0.25) is 0 Å². The van der Waals surface area contributed by atoms with Gasteiger partial charge in [0.1, 0.15) is 0 Å². The van der Waals surface area contributed by atoms with E-state index in [0.717, 1.165) is 10.9 Å². The molecule has 1 N–H and O–H groups in total. The van der Waals surface area contributed by atoms with Gasteiger partial charge in [-0.1, -0.05) is 67.0 Å². The van der Waals surface area contributed by atoms with Crippen LogP contribution in [-0.4, -0.2) is 26.0 Å². The first-order valence-electron chi connectivity index (χ1n) is 6.34. The number of hydrogen-bond donors (Lipinski definition) is 1. The molecule has 3 nitrogen and oxygen atoms in total. The van der Waals surface area contributed by atoms with E-state index in [-0.39, 0.29) is 17.1 Å². The van der Waals surface area contributed by atoms with E-state index >= 15 is 0 Å². The predicted octanol–water partition coefficient (Wildman–Crippen LogP) is 3.13. The van der Waals surface area contributed by atoms with Crippen molar-refractivity contribution in [3.63, 3.8) is 0 Å². The topological polar surface area (TPSA) is 46.2 Å². The van der Waals surface area contributed by atoms with E-state index in [9.17, 15) is 8.42 Å². The van der Waals surface area contributed by atoms with Crippen LogP contribution in [0, 0.1) is 5.41 Å². The average molecular weight is 348 g/mol. The molecule has 0 amide bonds. The molecular weight excluding hydrogens is 326 g/mol. The Labute approximate surface area is 125 Å². The highest BCUT2D eigenvalue weighted by molar-refractivity contribution is 9.09. The second-order valence-corrected chi connectivity index (χ2v) is 8.12. The molecule has 5 heteroatoms. The van der Waals surface area contributed by atoms with Gasteiger partial charge in [0.25, 0.3) is 0 Å². The van der Waals surface area contributed by atoms with Gasteiger partial charge in [0.2, 0.25) is 10.0 Å². The summed E-state index contributed by atoms with van der Waals surface area (Å²) in [4.78, 5) is 0. The molecular formula is C14H22BrNO2S. The van der Waals surface area contributed by atoms with Crippen molar-refractivity contribution in [3.8, 4) is 0 Å². The smallest absolute Gasteiger partial charge is 0.212 e. The number of hydrogen-bond acceptors (Lipinski definition) is 2. The summed E-state index contributed by atoms with van der Waals surface area (Å²) in [5, 5.41) is 0.761. The van der Waals surface area contributed by atoms with Crippen molar-refractivity contribution in [1.29, 1.82) is 0 Å². The van der Waals surface area contributed by atoms with Crippen LogP contribution in [0.4, 0.5) is 0 Å². The number of rotatable bonds is 7.